The fraction of sp³-hybridized carbons (Fsp3) is 0.412. The standard InChI is InChI=1S/C17H19NOS2/c1-13-16-8-11-20-17(16)7-9-18(13)12-15-6-5-14(21-15)4-2-3-10-19/h5-6,8,11,13,19H,3,7,9-10,12H2,1H3. The van der Waals surface area contributed by atoms with E-state index < -0.39 is 0 Å². The zero-order valence-corrected chi connectivity index (χ0v) is 13.8. The van der Waals surface area contributed by atoms with E-state index in [4.69, 9.17) is 5.11 Å². The van der Waals surface area contributed by atoms with E-state index in [0.29, 0.717) is 12.5 Å². The van der Waals surface area contributed by atoms with Crippen LogP contribution >= 0.6 is 22.7 Å². The lowest BCUT2D eigenvalue weighted by Gasteiger charge is -2.33. The Morgan fingerprint density at radius 3 is 3.14 bits per heavy atom. The summed E-state index contributed by atoms with van der Waals surface area (Å²) >= 11 is 3.66. The number of aliphatic hydroxyl groups excluding tert-OH is 1. The first-order valence-electron chi connectivity index (χ1n) is 7.26. The number of aliphatic hydroxyl groups is 1. The molecule has 0 bridgehead atoms. The van der Waals surface area contributed by atoms with Crippen LogP contribution < -0.4 is 0 Å². The molecule has 1 aliphatic heterocycles. The quantitative estimate of drug-likeness (QED) is 0.873. The van der Waals surface area contributed by atoms with E-state index in [1.165, 1.54) is 16.9 Å². The van der Waals surface area contributed by atoms with Crippen molar-refractivity contribution in [1.82, 2.24) is 4.90 Å². The summed E-state index contributed by atoms with van der Waals surface area (Å²) in [5, 5.41) is 11.0. The van der Waals surface area contributed by atoms with Crippen molar-refractivity contribution >= 4 is 22.7 Å². The van der Waals surface area contributed by atoms with E-state index >= 15 is 0 Å². The predicted octanol–water partition coefficient (Wildman–Crippen LogP) is 3.66. The third-order valence-electron chi connectivity index (χ3n) is 3.87. The minimum absolute atomic E-state index is 0.138. The van der Waals surface area contributed by atoms with Gasteiger partial charge in [-0.3, -0.25) is 4.90 Å². The summed E-state index contributed by atoms with van der Waals surface area (Å²) in [6.07, 6.45) is 1.73. The zero-order chi connectivity index (χ0) is 14.7. The van der Waals surface area contributed by atoms with Crippen molar-refractivity contribution in [2.75, 3.05) is 13.2 Å². The van der Waals surface area contributed by atoms with Gasteiger partial charge in [0.1, 0.15) is 0 Å². The molecule has 0 amide bonds. The molecule has 1 atom stereocenters. The van der Waals surface area contributed by atoms with Crippen LogP contribution in [0.5, 0.6) is 0 Å². The Kier molecular flexibility index (Phi) is 4.77. The van der Waals surface area contributed by atoms with Crippen molar-refractivity contribution in [3.63, 3.8) is 0 Å². The summed E-state index contributed by atoms with van der Waals surface area (Å²) < 4.78 is 0. The van der Waals surface area contributed by atoms with Crippen LogP contribution in [0.2, 0.25) is 0 Å². The molecular weight excluding hydrogens is 298 g/mol. The Hall–Kier alpha value is -1.12. The number of hydrogen-bond donors (Lipinski definition) is 1. The van der Waals surface area contributed by atoms with Gasteiger partial charge in [0.25, 0.3) is 0 Å². The molecule has 0 spiro atoms. The second kappa shape index (κ2) is 6.76. The lowest BCUT2D eigenvalue weighted by molar-refractivity contribution is 0.193. The first kappa shape index (κ1) is 14.8. The average molecular weight is 317 g/mol. The van der Waals surface area contributed by atoms with E-state index in [1.54, 1.807) is 16.2 Å². The molecule has 4 heteroatoms. The van der Waals surface area contributed by atoms with Gasteiger partial charge >= 0.3 is 0 Å². The molecule has 3 rings (SSSR count). The monoisotopic (exact) mass is 317 g/mol. The normalized spacial score (nSPS) is 18.1. The lowest BCUT2D eigenvalue weighted by Crippen LogP contribution is -2.32. The Balaban J connectivity index is 1.67. The van der Waals surface area contributed by atoms with Crippen LogP contribution in [0.25, 0.3) is 0 Å². The van der Waals surface area contributed by atoms with E-state index in [-0.39, 0.29) is 6.61 Å². The summed E-state index contributed by atoms with van der Waals surface area (Å²) in [5.74, 6) is 6.10. The molecule has 0 radical (unpaired) electrons. The van der Waals surface area contributed by atoms with Crippen molar-refractivity contribution < 1.29 is 5.11 Å². The largest absolute Gasteiger partial charge is 0.395 e. The average Bonchev–Trinajstić information content (AvgIpc) is 3.12. The van der Waals surface area contributed by atoms with Crippen molar-refractivity contribution in [1.29, 1.82) is 0 Å². The molecular formula is C17H19NOS2. The number of fused-ring (bicyclic) bond motifs is 1. The molecule has 2 aromatic heterocycles. The highest BCUT2D eigenvalue weighted by atomic mass is 32.1. The first-order chi connectivity index (χ1) is 10.3. The Bertz CT molecular complexity index is 662. The molecule has 0 aromatic carbocycles. The maximum absolute atomic E-state index is 8.75. The summed E-state index contributed by atoms with van der Waals surface area (Å²) in [7, 11) is 0. The number of rotatable bonds is 3. The van der Waals surface area contributed by atoms with Gasteiger partial charge in [-0.15, -0.1) is 22.7 Å². The molecule has 3 heterocycles. The molecule has 1 N–H and O–H groups in total. The second-order valence-corrected chi connectivity index (χ2v) is 7.41. The van der Waals surface area contributed by atoms with E-state index in [1.807, 2.05) is 11.3 Å². The highest BCUT2D eigenvalue weighted by molar-refractivity contribution is 7.12. The summed E-state index contributed by atoms with van der Waals surface area (Å²) in [5.41, 5.74) is 1.51. The van der Waals surface area contributed by atoms with Crippen LogP contribution in [-0.4, -0.2) is 23.2 Å². The third-order valence-corrected chi connectivity index (χ3v) is 5.85. The summed E-state index contributed by atoms with van der Waals surface area (Å²) in [4.78, 5) is 6.57. The Morgan fingerprint density at radius 2 is 2.29 bits per heavy atom. The van der Waals surface area contributed by atoms with Crippen LogP contribution in [0.3, 0.4) is 0 Å². The number of nitrogens with zero attached hydrogens (tertiary/aromatic N) is 1. The smallest absolute Gasteiger partial charge is 0.0771 e. The molecule has 2 nitrogen and oxygen atoms in total. The molecule has 1 aliphatic rings. The van der Waals surface area contributed by atoms with Gasteiger partial charge in [0, 0.05) is 35.3 Å². The van der Waals surface area contributed by atoms with Gasteiger partial charge < -0.3 is 5.11 Å². The summed E-state index contributed by atoms with van der Waals surface area (Å²) in [6, 6.07) is 7.06. The molecule has 110 valence electrons. The molecule has 0 saturated heterocycles. The van der Waals surface area contributed by atoms with Crippen molar-refractivity contribution in [3.05, 3.63) is 43.8 Å². The van der Waals surface area contributed by atoms with Gasteiger partial charge in [-0.05, 0) is 42.5 Å². The van der Waals surface area contributed by atoms with Crippen LogP contribution in [0, 0.1) is 11.8 Å². The maximum atomic E-state index is 8.75. The van der Waals surface area contributed by atoms with E-state index in [0.717, 1.165) is 18.0 Å². The molecule has 0 saturated carbocycles. The van der Waals surface area contributed by atoms with Gasteiger partial charge in [0.05, 0.1) is 11.5 Å². The highest BCUT2D eigenvalue weighted by Crippen LogP contribution is 2.34. The molecule has 0 fully saturated rings. The zero-order valence-electron chi connectivity index (χ0n) is 12.1. The van der Waals surface area contributed by atoms with Gasteiger partial charge in [0.15, 0.2) is 0 Å². The Morgan fingerprint density at radius 1 is 1.38 bits per heavy atom. The molecule has 1 unspecified atom stereocenters. The number of thiophene rings is 2. The van der Waals surface area contributed by atoms with Gasteiger partial charge in [-0.1, -0.05) is 11.8 Å². The molecule has 21 heavy (non-hydrogen) atoms. The predicted molar refractivity (Wildman–Crippen MR) is 89.7 cm³/mol. The fourth-order valence-corrected chi connectivity index (χ4v) is 4.58. The van der Waals surface area contributed by atoms with E-state index in [9.17, 15) is 0 Å². The maximum Gasteiger partial charge on any atom is 0.0771 e. The summed E-state index contributed by atoms with van der Waals surface area (Å²) in [6.45, 7) is 4.58. The van der Waals surface area contributed by atoms with Gasteiger partial charge in [0.2, 0.25) is 0 Å². The lowest BCUT2D eigenvalue weighted by atomic mass is 10.0. The minimum Gasteiger partial charge on any atom is -0.395 e. The van der Waals surface area contributed by atoms with Crippen LogP contribution in [0.15, 0.2) is 23.6 Å². The SMILES string of the molecule is CC1c2ccsc2CCN1Cc1ccc(C#CCCO)s1. The first-order valence-corrected chi connectivity index (χ1v) is 8.96. The van der Waals surface area contributed by atoms with E-state index in [2.05, 4.69) is 47.2 Å². The Labute approximate surface area is 134 Å². The van der Waals surface area contributed by atoms with Crippen LogP contribution in [0.4, 0.5) is 0 Å². The van der Waals surface area contributed by atoms with Gasteiger partial charge in [-0.2, -0.15) is 0 Å². The van der Waals surface area contributed by atoms with Crippen LogP contribution in [-0.2, 0) is 13.0 Å². The van der Waals surface area contributed by atoms with Crippen molar-refractivity contribution in [3.8, 4) is 11.8 Å². The van der Waals surface area contributed by atoms with Crippen molar-refractivity contribution in [2.24, 2.45) is 0 Å². The minimum atomic E-state index is 0.138. The highest BCUT2D eigenvalue weighted by Gasteiger charge is 2.24. The van der Waals surface area contributed by atoms with Crippen molar-refractivity contribution in [2.45, 2.75) is 32.4 Å². The van der Waals surface area contributed by atoms with Gasteiger partial charge in [-0.25, -0.2) is 0 Å². The fourth-order valence-electron chi connectivity index (χ4n) is 2.71. The topological polar surface area (TPSA) is 23.5 Å². The molecule has 0 aliphatic carbocycles. The molecule has 2 aromatic rings. The van der Waals surface area contributed by atoms with Crippen LogP contribution in [0.1, 0.15) is 39.6 Å². The number of hydrogen-bond acceptors (Lipinski definition) is 4. The second-order valence-electron chi connectivity index (χ2n) is 5.24. The third kappa shape index (κ3) is 3.38.